The van der Waals surface area contributed by atoms with Crippen LogP contribution in [0.5, 0.6) is 5.75 Å². The van der Waals surface area contributed by atoms with Gasteiger partial charge in [-0.15, -0.1) is 0 Å². The second kappa shape index (κ2) is 5.60. The Labute approximate surface area is 129 Å². The van der Waals surface area contributed by atoms with Crippen molar-refractivity contribution in [3.05, 3.63) is 28.4 Å². The molecule has 3 rings (SSSR count). The normalized spacial score (nSPS) is 14.6. The van der Waals surface area contributed by atoms with Crippen molar-refractivity contribution in [2.45, 2.75) is 32.1 Å². The summed E-state index contributed by atoms with van der Waals surface area (Å²) < 4.78 is 7.24. The summed E-state index contributed by atoms with van der Waals surface area (Å²) >= 11 is 6.62. The Morgan fingerprint density at radius 2 is 2.00 bits per heavy atom. The summed E-state index contributed by atoms with van der Waals surface area (Å²) in [7, 11) is 3.48. The zero-order valence-electron chi connectivity index (χ0n) is 12.4. The highest BCUT2D eigenvalue weighted by atomic mass is 35.5. The van der Waals surface area contributed by atoms with E-state index in [0.717, 1.165) is 29.0 Å². The lowest BCUT2D eigenvalue weighted by atomic mass is 9.96. The number of hydrogen-bond acceptors (Lipinski definition) is 3. The monoisotopic (exact) mass is 305 g/mol. The lowest BCUT2D eigenvalue weighted by molar-refractivity contribution is 0.416. The number of aryl methyl sites for hydroxylation is 2. The van der Waals surface area contributed by atoms with Crippen LogP contribution >= 0.6 is 11.6 Å². The third-order valence-corrected chi connectivity index (χ3v) is 4.67. The van der Waals surface area contributed by atoms with Crippen molar-refractivity contribution >= 4 is 17.4 Å². The molecule has 0 fully saturated rings. The van der Waals surface area contributed by atoms with Gasteiger partial charge in [-0.25, -0.2) is 0 Å². The van der Waals surface area contributed by atoms with E-state index in [1.807, 2.05) is 7.05 Å². The van der Waals surface area contributed by atoms with E-state index < -0.39 is 0 Å². The zero-order valence-corrected chi connectivity index (χ0v) is 13.2. The maximum atomic E-state index is 6.62. The molecule has 2 aromatic rings. The van der Waals surface area contributed by atoms with E-state index in [-0.39, 0.29) is 0 Å². The molecular weight excluding hydrogens is 286 g/mol. The van der Waals surface area contributed by atoms with Gasteiger partial charge in [0.05, 0.1) is 18.3 Å². The van der Waals surface area contributed by atoms with Crippen molar-refractivity contribution in [2.24, 2.45) is 7.05 Å². The highest BCUT2D eigenvalue weighted by molar-refractivity contribution is 6.33. The SMILES string of the molecule is COc1c(-c2cnn(C)c2N)cc2c(c1Cl)CCCCC2. The summed E-state index contributed by atoms with van der Waals surface area (Å²) in [6.45, 7) is 0. The molecule has 1 aliphatic rings. The number of nitrogens with two attached hydrogens (primary N) is 1. The quantitative estimate of drug-likeness (QED) is 0.863. The first-order valence-corrected chi connectivity index (χ1v) is 7.67. The van der Waals surface area contributed by atoms with E-state index in [0.29, 0.717) is 11.6 Å². The van der Waals surface area contributed by atoms with Crippen molar-refractivity contribution in [2.75, 3.05) is 12.8 Å². The smallest absolute Gasteiger partial charge is 0.145 e. The van der Waals surface area contributed by atoms with E-state index in [9.17, 15) is 0 Å². The minimum absolute atomic E-state index is 0.623. The van der Waals surface area contributed by atoms with Crippen LogP contribution in [-0.2, 0) is 19.9 Å². The molecule has 112 valence electrons. The van der Waals surface area contributed by atoms with Crippen LogP contribution < -0.4 is 10.5 Å². The lowest BCUT2D eigenvalue weighted by Crippen LogP contribution is -2.01. The fourth-order valence-electron chi connectivity index (χ4n) is 3.06. The third kappa shape index (κ3) is 2.38. The molecule has 2 N–H and O–H groups in total. The van der Waals surface area contributed by atoms with Gasteiger partial charge in [0.25, 0.3) is 0 Å². The molecule has 0 unspecified atom stereocenters. The number of ether oxygens (including phenoxy) is 1. The van der Waals surface area contributed by atoms with Gasteiger partial charge in [0.2, 0.25) is 0 Å². The summed E-state index contributed by atoms with van der Waals surface area (Å²) in [6.07, 6.45) is 7.49. The van der Waals surface area contributed by atoms with Gasteiger partial charge >= 0.3 is 0 Å². The van der Waals surface area contributed by atoms with E-state index in [2.05, 4.69) is 11.2 Å². The maximum absolute atomic E-state index is 6.62. The Balaban J connectivity index is 2.23. The second-order valence-corrected chi connectivity index (χ2v) is 5.91. The number of nitrogen functional groups attached to an aromatic ring is 1. The van der Waals surface area contributed by atoms with Crippen molar-refractivity contribution in [1.29, 1.82) is 0 Å². The Bertz CT molecular complexity index is 679. The summed E-state index contributed by atoms with van der Waals surface area (Å²) in [5.41, 5.74) is 10.5. The fraction of sp³-hybridized carbons (Fsp3) is 0.438. The lowest BCUT2D eigenvalue weighted by Gasteiger charge is -2.16. The molecule has 0 saturated heterocycles. The number of rotatable bonds is 2. The van der Waals surface area contributed by atoms with Gasteiger partial charge in [0.1, 0.15) is 11.6 Å². The average molecular weight is 306 g/mol. The van der Waals surface area contributed by atoms with E-state index in [1.54, 1.807) is 18.0 Å². The number of anilines is 1. The van der Waals surface area contributed by atoms with Crippen LogP contribution in [0, 0.1) is 0 Å². The molecule has 4 nitrogen and oxygen atoms in total. The Kier molecular flexibility index (Phi) is 3.81. The first kappa shape index (κ1) is 14.3. The molecule has 21 heavy (non-hydrogen) atoms. The van der Waals surface area contributed by atoms with E-state index in [4.69, 9.17) is 22.1 Å². The summed E-state index contributed by atoms with van der Waals surface area (Å²) in [5.74, 6) is 1.33. The molecule has 0 aliphatic heterocycles. The van der Waals surface area contributed by atoms with Gasteiger partial charge in [-0.1, -0.05) is 18.0 Å². The topological polar surface area (TPSA) is 53.1 Å². The number of fused-ring (bicyclic) bond motifs is 1. The first-order chi connectivity index (χ1) is 10.1. The second-order valence-electron chi connectivity index (χ2n) is 5.54. The van der Waals surface area contributed by atoms with Crippen LogP contribution in [0.25, 0.3) is 11.1 Å². The molecule has 1 aliphatic carbocycles. The van der Waals surface area contributed by atoms with Gasteiger partial charge in [-0.3, -0.25) is 4.68 Å². The molecule has 1 aromatic carbocycles. The number of hydrogen-bond donors (Lipinski definition) is 1. The molecule has 1 heterocycles. The van der Waals surface area contributed by atoms with Crippen LogP contribution in [0.2, 0.25) is 5.02 Å². The van der Waals surface area contributed by atoms with Crippen LogP contribution in [-0.4, -0.2) is 16.9 Å². The molecule has 0 atom stereocenters. The van der Waals surface area contributed by atoms with Crippen molar-refractivity contribution in [3.8, 4) is 16.9 Å². The Morgan fingerprint density at radius 1 is 1.24 bits per heavy atom. The fourth-order valence-corrected chi connectivity index (χ4v) is 3.46. The van der Waals surface area contributed by atoms with Crippen LogP contribution in [0.4, 0.5) is 5.82 Å². The predicted octanol–water partition coefficient (Wildman–Crippen LogP) is 3.60. The zero-order chi connectivity index (χ0) is 15.0. The van der Waals surface area contributed by atoms with Crippen molar-refractivity contribution in [1.82, 2.24) is 9.78 Å². The third-order valence-electron chi connectivity index (χ3n) is 4.27. The van der Waals surface area contributed by atoms with Crippen molar-refractivity contribution in [3.63, 3.8) is 0 Å². The van der Waals surface area contributed by atoms with Gasteiger partial charge in [0.15, 0.2) is 0 Å². The number of benzene rings is 1. The molecule has 0 spiro atoms. The van der Waals surface area contributed by atoms with Crippen LogP contribution in [0.15, 0.2) is 12.3 Å². The van der Waals surface area contributed by atoms with Gasteiger partial charge in [-0.2, -0.15) is 5.10 Å². The standard InChI is InChI=1S/C16H20ClN3O/c1-20-16(18)13(9-19-20)12-8-10-6-4-3-5-7-11(10)14(17)15(12)21-2/h8-9H,3-7,18H2,1-2H3. The van der Waals surface area contributed by atoms with E-state index in [1.165, 1.54) is 30.4 Å². The van der Waals surface area contributed by atoms with Gasteiger partial charge < -0.3 is 10.5 Å². The first-order valence-electron chi connectivity index (χ1n) is 7.29. The molecule has 0 amide bonds. The summed E-state index contributed by atoms with van der Waals surface area (Å²) in [5, 5.41) is 4.95. The molecule has 1 aromatic heterocycles. The highest BCUT2D eigenvalue weighted by Gasteiger charge is 2.22. The number of nitrogens with zero attached hydrogens (tertiary/aromatic N) is 2. The van der Waals surface area contributed by atoms with Crippen LogP contribution in [0.1, 0.15) is 30.4 Å². The number of aromatic nitrogens is 2. The Morgan fingerprint density at radius 3 is 2.67 bits per heavy atom. The predicted molar refractivity (Wildman–Crippen MR) is 85.9 cm³/mol. The minimum atomic E-state index is 0.623. The van der Waals surface area contributed by atoms with Gasteiger partial charge in [0, 0.05) is 18.2 Å². The average Bonchev–Trinajstić information content (AvgIpc) is 2.68. The Hall–Kier alpha value is -1.68. The minimum Gasteiger partial charge on any atom is -0.495 e. The molecule has 0 saturated carbocycles. The van der Waals surface area contributed by atoms with E-state index >= 15 is 0 Å². The van der Waals surface area contributed by atoms with Crippen LogP contribution in [0.3, 0.4) is 0 Å². The summed E-state index contributed by atoms with van der Waals surface area (Å²) in [4.78, 5) is 0. The highest BCUT2D eigenvalue weighted by Crippen LogP contribution is 2.43. The molecule has 0 bridgehead atoms. The largest absolute Gasteiger partial charge is 0.495 e. The number of halogens is 1. The maximum Gasteiger partial charge on any atom is 0.145 e. The summed E-state index contributed by atoms with van der Waals surface area (Å²) in [6, 6.07) is 2.18. The number of methoxy groups -OCH3 is 1. The molecule has 5 heteroatoms. The molecule has 0 radical (unpaired) electrons. The van der Waals surface area contributed by atoms with Crippen molar-refractivity contribution < 1.29 is 4.74 Å². The molecular formula is C16H20ClN3O. The van der Waals surface area contributed by atoms with Gasteiger partial charge in [-0.05, 0) is 42.9 Å².